The van der Waals surface area contributed by atoms with E-state index in [0.29, 0.717) is 35.5 Å². The van der Waals surface area contributed by atoms with Crippen LogP contribution in [0.2, 0.25) is 0 Å². The molecule has 0 spiro atoms. The van der Waals surface area contributed by atoms with Crippen molar-refractivity contribution in [2.24, 2.45) is 5.92 Å². The van der Waals surface area contributed by atoms with Gasteiger partial charge in [-0.05, 0) is 86.2 Å². The number of carbonyl (C=O) groups excluding carboxylic acids is 4. The van der Waals surface area contributed by atoms with E-state index in [1.807, 2.05) is 12.1 Å². The summed E-state index contributed by atoms with van der Waals surface area (Å²) in [6, 6.07) is 17.7. The zero-order valence-corrected chi connectivity index (χ0v) is 26.3. The van der Waals surface area contributed by atoms with E-state index < -0.39 is 29.7 Å². The van der Waals surface area contributed by atoms with Gasteiger partial charge in [-0.1, -0.05) is 30.3 Å². The molecule has 1 heterocycles. The molecule has 12 heteroatoms. The zero-order chi connectivity index (χ0) is 34.0. The fraction of sp³-hybridized carbons (Fsp3) is 0.371. The Hall–Kier alpha value is -4.87. The summed E-state index contributed by atoms with van der Waals surface area (Å²) in [4.78, 5) is 52.3. The number of nitrogens with zero attached hydrogens (tertiary/aromatic N) is 1. The highest BCUT2D eigenvalue weighted by molar-refractivity contribution is 6.08. The van der Waals surface area contributed by atoms with Crippen LogP contribution in [0, 0.1) is 5.92 Å². The molecule has 1 fully saturated rings. The third kappa shape index (κ3) is 9.81. The number of anilines is 2. The highest BCUT2D eigenvalue weighted by Crippen LogP contribution is 2.32. The second kappa shape index (κ2) is 16.1. The number of rotatable bonds is 12. The number of halogens is 3. The summed E-state index contributed by atoms with van der Waals surface area (Å²) in [7, 11) is 0. The molecule has 9 nitrogen and oxygen atoms in total. The molecule has 0 radical (unpaired) electrons. The number of ether oxygens (including phenoxy) is 2. The molecule has 1 atom stereocenters. The predicted octanol–water partition coefficient (Wildman–Crippen LogP) is 6.23. The average molecular weight is 654 g/mol. The van der Waals surface area contributed by atoms with Crippen LogP contribution in [0.15, 0.2) is 72.8 Å². The van der Waals surface area contributed by atoms with E-state index in [9.17, 15) is 32.3 Å². The lowest BCUT2D eigenvalue weighted by molar-refractivity contribution is -0.153. The van der Waals surface area contributed by atoms with Crippen molar-refractivity contribution in [1.29, 1.82) is 0 Å². The van der Waals surface area contributed by atoms with Gasteiger partial charge in [0.15, 0.2) is 0 Å². The van der Waals surface area contributed by atoms with Crippen LogP contribution in [0.4, 0.5) is 24.5 Å². The molecule has 1 aliphatic rings. The van der Waals surface area contributed by atoms with Crippen LogP contribution in [-0.2, 0) is 30.0 Å². The Morgan fingerprint density at radius 1 is 0.872 bits per heavy atom. The molecule has 0 aliphatic carbocycles. The molecule has 3 aromatic rings. The summed E-state index contributed by atoms with van der Waals surface area (Å²) < 4.78 is 48.9. The minimum Gasteiger partial charge on any atom is -0.466 e. The number of nitrogens with one attached hydrogen (secondary N) is 2. The van der Waals surface area contributed by atoms with Crippen LogP contribution in [0.3, 0.4) is 0 Å². The van der Waals surface area contributed by atoms with E-state index in [1.165, 1.54) is 12.1 Å². The molecule has 0 unspecified atom stereocenters. The topological polar surface area (TPSA) is 114 Å². The van der Waals surface area contributed by atoms with Crippen molar-refractivity contribution >= 4 is 35.1 Å². The molecule has 3 aromatic carbocycles. The Morgan fingerprint density at radius 2 is 1.51 bits per heavy atom. The molecule has 2 amide bonds. The fourth-order valence-electron chi connectivity index (χ4n) is 5.46. The average Bonchev–Trinajstić information content (AvgIpc) is 3.05. The first-order valence-corrected chi connectivity index (χ1v) is 15.5. The van der Waals surface area contributed by atoms with Gasteiger partial charge in [0.1, 0.15) is 6.04 Å². The first kappa shape index (κ1) is 35.0. The standard InChI is InChI=1S/C35H38F3N3O6/c1-3-46-32(43)22-30(34(45)47-4-2)40-31(42)21-23-17-19-41(20-18-23)27-15-13-26(14-16-27)39-33(44)29-8-6-5-7-28(29)24-9-11-25(12-10-24)35(36,37)38/h5-16,23,30H,3-4,17-22H2,1-2H3,(H,39,44)(H,40,42)/t30-/m0/s1. The monoisotopic (exact) mass is 653 g/mol. The SMILES string of the molecule is CCOC(=O)C[C@H](NC(=O)CC1CCN(c2ccc(NC(=O)c3ccccc3-c3ccc(C(F)(F)F)cc3)cc2)CC1)C(=O)OCC. The number of alkyl halides is 3. The molecule has 1 saturated heterocycles. The number of piperidine rings is 1. The Labute approximate surface area is 271 Å². The summed E-state index contributed by atoms with van der Waals surface area (Å²) in [5.74, 6) is -1.88. The van der Waals surface area contributed by atoms with Crippen molar-refractivity contribution in [3.05, 3.63) is 83.9 Å². The normalized spacial score (nSPS) is 14.2. The van der Waals surface area contributed by atoms with Gasteiger partial charge in [0, 0.05) is 36.4 Å². The Balaban J connectivity index is 1.30. The fourth-order valence-corrected chi connectivity index (χ4v) is 5.46. The van der Waals surface area contributed by atoms with E-state index in [1.54, 1.807) is 50.2 Å². The molecule has 250 valence electrons. The summed E-state index contributed by atoms with van der Waals surface area (Å²) in [6.45, 7) is 5.00. The molecule has 4 rings (SSSR count). The summed E-state index contributed by atoms with van der Waals surface area (Å²) >= 11 is 0. The molecule has 0 saturated carbocycles. The Morgan fingerprint density at radius 3 is 2.13 bits per heavy atom. The van der Waals surface area contributed by atoms with Gasteiger partial charge in [0.2, 0.25) is 5.91 Å². The van der Waals surface area contributed by atoms with Crippen molar-refractivity contribution in [3.63, 3.8) is 0 Å². The number of amides is 2. The Kier molecular flexibility index (Phi) is 12.0. The van der Waals surface area contributed by atoms with Crippen molar-refractivity contribution in [2.75, 3.05) is 36.5 Å². The predicted molar refractivity (Wildman–Crippen MR) is 171 cm³/mol. The van der Waals surface area contributed by atoms with Gasteiger partial charge in [-0.2, -0.15) is 13.2 Å². The number of hydrogen-bond acceptors (Lipinski definition) is 7. The maximum Gasteiger partial charge on any atom is 0.416 e. The third-order valence-corrected chi connectivity index (χ3v) is 7.86. The van der Waals surface area contributed by atoms with Gasteiger partial charge in [-0.25, -0.2) is 4.79 Å². The lowest BCUT2D eigenvalue weighted by Crippen LogP contribution is -2.44. The summed E-state index contributed by atoms with van der Waals surface area (Å²) in [5, 5.41) is 5.50. The maximum atomic E-state index is 13.2. The number of carbonyl (C=O) groups is 4. The minimum atomic E-state index is -4.45. The molecular formula is C35H38F3N3O6. The van der Waals surface area contributed by atoms with Crippen molar-refractivity contribution in [1.82, 2.24) is 5.32 Å². The van der Waals surface area contributed by atoms with Gasteiger partial charge >= 0.3 is 18.1 Å². The van der Waals surface area contributed by atoms with E-state index >= 15 is 0 Å². The molecule has 47 heavy (non-hydrogen) atoms. The van der Waals surface area contributed by atoms with Gasteiger partial charge in [-0.15, -0.1) is 0 Å². The molecular weight excluding hydrogens is 615 g/mol. The van der Waals surface area contributed by atoms with E-state index in [4.69, 9.17) is 9.47 Å². The van der Waals surface area contributed by atoms with Crippen LogP contribution in [0.1, 0.15) is 55.5 Å². The number of benzene rings is 3. The molecule has 0 bridgehead atoms. The second-order valence-electron chi connectivity index (χ2n) is 11.1. The van der Waals surface area contributed by atoms with Gasteiger partial charge in [-0.3, -0.25) is 14.4 Å². The van der Waals surface area contributed by atoms with Gasteiger partial charge < -0.3 is 25.0 Å². The van der Waals surface area contributed by atoms with Gasteiger partial charge in [0.25, 0.3) is 5.91 Å². The van der Waals surface area contributed by atoms with Crippen molar-refractivity contribution in [3.8, 4) is 11.1 Å². The van der Waals surface area contributed by atoms with Crippen LogP contribution in [0.25, 0.3) is 11.1 Å². The smallest absolute Gasteiger partial charge is 0.416 e. The highest BCUT2D eigenvalue weighted by Gasteiger charge is 2.30. The first-order chi connectivity index (χ1) is 22.5. The maximum absolute atomic E-state index is 13.2. The lowest BCUT2D eigenvalue weighted by Gasteiger charge is -2.33. The van der Waals surface area contributed by atoms with Crippen LogP contribution in [0.5, 0.6) is 0 Å². The molecule has 2 N–H and O–H groups in total. The minimum absolute atomic E-state index is 0.0972. The van der Waals surface area contributed by atoms with E-state index in [0.717, 1.165) is 30.7 Å². The summed E-state index contributed by atoms with van der Waals surface area (Å²) in [6.07, 6.45) is -3.04. The van der Waals surface area contributed by atoms with Crippen LogP contribution < -0.4 is 15.5 Å². The number of hydrogen-bond donors (Lipinski definition) is 2. The Bertz CT molecular complexity index is 1540. The van der Waals surface area contributed by atoms with Crippen LogP contribution >= 0.6 is 0 Å². The van der Waals surface area contributed by atoms with Crippen LogP contribution in [-0.4, -0.2) is 56.1 Å². The number of esters is 2. The summed E-state index contributed by atoms with van der Waals surface area (Å²) in [5.41, 5.74) is 2.10. The molecule has 1 aliphatic heterocycles. The van der Waals surface area contributed by atoms with Crippen molar-refractivity contribution < 1.29 is 41.8 Å². The zero-order valence-electron chi connectivity index (χ0n) is 26.3. The van der Waals surface area contributed by atoms with Gasteiger partial charge in [0.05, 0.1) is 25.2 Å². The quantitative estimate of drug-likeness (QED) is 0.223. The lowest BCUT2D eigenvalue weighted by atomic mass is 9.92. The van der Waals surface area contributed by atoms with Crippen molar-refractivity contribution in [2.45, 2.75) is 51.7 Å². The third-order valence-electron chi connectivity index (χ3n) is 7.86. The van der Waals surface area contributed by atoms with E-state index in [-0.39, 0.29) is 43.8 Å². The molecule has 0 aromatic heterocycles. The highest BCUT2D eigenvalue weighted by atomic mass is 19.4. The second-order valence-corrected chi connectivity index (χ2v) is 11.1. The first-order valence-electron chi connectivity index (χ1n) is 15.5. The largest absolute Gasteiger partial charge is 0.466 e. The van der Waals surface area contributed by atoms with E-state index in [2.05, 4.69) is 15.5 Å².